The third-order valence-corrected chi connectivity index (χ3v) is 3.47. The van der Waals surface area contributed by atoms with Crippen LogP contribution in [0.3, 0.4) is 0 Å². The lowest BCUT2D eigenvalue weighted by atomic mass is 9.81. The van der Waals surface area contributed by atoms with Crippen molar-refractivity contribution < 1.29 is 0 Å². The molecule has 0 unspecified atom stereocenters. The summed E-state index contributed by atoms with van der Waals surface area (Å²) in [6.07, 6.45) is 11.5. The van der Waals surface area contributed by atoms with E-state index in [-0.39, 0.29) is 0 Å². The zero-order chi connectivity index (χ0) is 12.0. The molecule has 1 heteroatoms. The molecule has 0 aromatic carbocycles. The first-order valence-corrected chi connectivity index (χ1v) is 6.42. The van der Waals surface area contributed by atoms with E-state index in [9.17, 15) is 0 Å². The van der Waals surface area contributed by atoms with Crippen molar-refractivity contribution in [2.75, 3.05) is 0 Å². The van der Waals surface area contributed by atoms with Crippen molar-refractivity contribution in [2.45, 2.75) is 46.5 Å². The highest BCUT2D eigenvalue weighted by Gasteiger charge is 2.20. The van der Waals surface area contributed by atoms with E-state index in [4.69, 9.17) is 0 Å². The molecule has 0 spiro atoms. The van der Waals surface area contributed by atoms with Crippen LogP contribution in [0.25, 0.3) is 0 Å². The Morgan fingerprint density at radius 2 is 1.81 bits per heavy atom. The molecule has 0 heterocycles. The van der Waals surface area contributed by atoms with Crippen molar-refractivity contribution in [3.8, 4) is 0 Å². The summed E-state index contributed by atoms with van der Waals surface area (Å²) in [4.78, 5) is 0. The topological polar surface area (TPSA) is 12.0 Å². The second-order valence-electron chi connectivity index (χ2n) is 4.85. The van der Waals surface area contributed by atoms with Gasteiger partial charge in [0.05, 0.1) is 0 Å². The minimum Gasteiger partial charge on any atom is -0.359 e. The molecule has 0 radical (unpaired) electrons. The van der Waals surface area contributed by atoms with Gasteiger partial charge in [0.2, 0.25) is 0 Å². The van der Waals surface area contributed by atoms with Gasteiger partial charge in [-0.25, -0.2) is 0 Å². The predicted octanol–water partition coefficient (Wildman–Crippen LogP) is 4.40. The van der Waals surface area contributed by atoms with Gasteiger partial charge in [0.25, 0.3) is 0 Å². The zero-order valence-electron chi connectivity index (χ0n) is 10.9. The van der Waals surface area contributed by atoms with Crippen LogP contribution < -0.4 is 5.32 Å². The van der Waals surface area contributed by atoms with E-state index in [0.717, 1.165) is 11.6 Å². The highest BCUT2D eigenvalue weighted by atomic mass is 14.9. The van der Waals surface area contributed by atoms with Crippen LogP contribution in [0, 0.1) is 11.8 Å². The molecule has 0 aromatic rings. The van der Waals surface area contributed by atoms with Gasteiger partial charge >= 0.3 is 0 Å². The molecule has 1 rings (SSSR count). The summed E-state index contributed by atoms with van der Waals surface area (Å²) in [6.45, 7) is 10.6. The molecule has 1 N–H and O–H groups in total. The second kappa shape index (κ2) is 6.57. The molecule has 1 aliphatic carbocycles. The van der Waals surface area contributed by atoms with Crippen LogP contribution in [0.1, 0.15) is 46.5 Å². The highest BCUT2D eigenvalue weighted by Crippen LogP contribution is 2.31. The molecule has 0 bridgehead atoms. The lowest BCUT2D eigenvalue weighted by molar-refractivity contribution is 0.314. The van der Waals surface area contributed by atoms with Gasteiger partial charge in [-0.3, -0.25) is 0 Å². The minimum absolute atomic E-state index is 0.663. The normalized spacial score (nSPS) is 27.1. The smallest absolute Gasteiger partial charge is 0.0335 e. The van der Waals surface area contributed by atoms with E-state index in [2.05, 4.69) is 44.0 Å². The molecule has 0 atom stereocenters. The van der Waals surface area contributed by atoms with Gasteiger partial charge in [-0.2, -0.15) is 0 Å². The first-order chi connectivity index (χ1) is 7.67. The maximum atomic E-state index is 4.19. The largest absolute Gasteiger partial charge is 0.359 e. The van der Waals surface area contributed by atoms with Crippen molar-refractivity contribution >= 4 is 0 Å². The Morgan fingerprint density at radius 3 is 2.31 bits per heavy atom. The second-order valence-corrected chi connectivity index (χ2v) is 4.85. The Morgan fingerprint density at radius 1 is 1.19 bits per heavy atom. The third kappa shape index (κ3) is 3.88. The molecular weight excluding hydrogens is 194 g/mol. The van der Waals surface area contributed by atoms with Gasteiger partial charge in [-0.1, -0.05) is 38.5 Å². The first-order valence-electron chi connectivity index (χ1n) is 6.42. The van der Waals surface area contributed by atoms with E-state index < -0.39 is 0 Å². The van der Waals surface area contributed by atoms with Gasteiger partial charge < -0.3 is 5.32 Å². The Kier molecular flexibility index (Phi) is 5.37. The van der Waals surface area contributed by atoms with Gasteiger partial charge in [0, 0.05) is 11.4 Å². The molecular formula is C15H25N. The molecule has 0 amide bonds. The molecule has 90 valence electrons. The quantitative estimate of drug-likeness (QED) is 0.691. The van der Waals surface area contributed by atoms with Crippen LogP contribution in [0.15, 0.2) is 36.2 Å². The fourth-order valence-corrected chi connectivity index (χ4v) is 2.29. The van der Waals surface area contributed by atoms with Crippen LogP contribution in [-0.4, -0.2) is 0 Å². The van der Waals surface area contributed by atoms with Crippen molar-refractivity contribution in [1.29, 1.82) is 0 Å². The number of hydrogen-bond acceptors (Lipinski definition) is 1. The Bertz CT molecular complexity index is 278. The average Bonchev–Trinajstić information content (AvgIpc) is 2.29. The molecule has 16 heavy (non-hydrogen) atoms. The predicted molar refractivity (Wildman–Crippen MR) is 72.0 cm³/mol. The summed E-state index contributed by atoms with van der Waals surface area (Å²) in [5.41, 5.74) is 2.35. The van der Waals surface area contributed by atoms with Crippen LogP contribution >= 0.6 is 0 Å². The maximum absolute atomic E-state index is 4.19. The molecule has 1 fully saturated rings. The number of hydrogen-bond donors (Lipinski definition) is 1. The maximum Gasteiger partial charge on any atom is 0.0335 e. The average molecular weight is 219 g/mol. The van der Waals surface area contributed by atoms with Crippen LogP contribution in [-0.2, 0) is 0 Å². The van der Waals surface area contributed by atoms with E-state index >= 15 is 0 Å². The zero-order valence-corrected chi connectivity index (χ0v) is 10.9. The van der Waals surface area contributed by atoms with E-state index in [0.29, 0.717) is 5.92 Å². The summed E-state index contributed by atoms with van der Waals surface area (Å²) < 4.78 is 0. The molecule has 1 aliphatic rings. The summed E-state index contributed by atoms with van der Waals surface area (Å²) in [5.74, 6) is 1.57. The summed E-state index contributed by atoms with van der Waals surface area (Å²) >= 11 is 0. The first kappa shape index (κ1) is 13.1. The fraction of sp³-hybridized carbons (Fsp3) is 0.600. The molecule has 0 saturated heterocycles. The SMILES string of the molecule is C=C(NC(/C=C\C)=C/C)C1CCC(C)CC1. The summed E-state index contributed by atoms with van der Waals surface area (Å²) in [7, 11) is 0. The Labute approximate surface area is 100 Å². The minimum atomic E-state index is 0.663. The van der Waals surface area contributed by atoms with E-state index in [1.165, 1.54) is 31.4 Å². The van der Waals surface area contributed by atoms with E-state index in [1.54, 1.807) is 0 Å². The van der Waals surface area contributed by atoms with Crippen LogP contribution in [0.5, 0.6) is 0 Å². The number of allylic oxidation sites excluding steroid dienone is 4. The number of nitrogens with one attached hydrogen (secondary N) is 1. The van der Waals surface area contributed by atoms with E-state index in [1.807, 2.05) is 6.92 Å². The van der Waals surface area contributed by atoms with Gasteiger partial charge in [-0.05, 0) is 44.6 Å². The summed E-state index contributed by atoms with van der Waals surface area (Å²) in [6, 6.07) is 0. The van der Waals surface area contributed by atoms with Gasteiger partial charge in [-0.15, -0.1) is 0 Å². The highest BCUT2D eigenvalue weighted by molar-refractivity contribution is 5.21. The Balaban J connectivity index is 2.46. The van der Waals surface area contributed by atoms with Crippen molar-refractivity contribution in [2.24, 2.45) is 11.8 Å². The lowest BCUT2D eigenvalue weighted by Crippen LogP contribution is -2.22. The molecule has 1 saturated carbocycles. The summed E-state index contributed by atoms with van der Waals surface area (Å²) in [5, 5.41) is 3.43. The third-order valence-electron chi connectivity index (χ3n) is 3.47. The monoisotopic (exact) mass is 219 g/mol. The Hall–Kier alpha value is -0.980. The van der Waals surface area contributed by atoms with Crippen molar-refractivity contribution in [3.63, 3.8) is 0 Å². The van der Waals surface area contributed by atoms with Crippen molar-refractivity contribution in [1.82, 2.24) is 5.32 Å². The van der Waals surface area contributed by atoms with Crippen molar-refractivity contribution in [3.05, 3.63) is 36.2 Å². The number of rotatable bonds is 4. The standard InChI is InChI=1S/C15H25N/c1-5-7-15(6-2)16-13(4)14-10-8-12(3)9-11-14/h5-7,12,14,16H,4,8-11H2,1-3H3/b7-5-,15-6+. The van der Waals surface area contributed by atoms with Crippen LogP contribution in [0.2, 0.25) is 0 Å². The van der Waals surface area contributed by atoms with Gasteiger partial charge in [0.15, 0.2) is 0 Å². The van der Waals surface area contributed by atoms with Gasteiger partial charge in [0.1, 0.15) is 0 Å². The molecule has 1 nitrogen and oxygen atoms in total. The fourth-order valence-electron chi connectivity index (χ4n) is 2.29. The van der Waals surface area contributed by atoms with Crippen LogP contribution in [0.4, 0.5) is 0 Å². The lowest BCUT2D eigenvalue weighted by Gasteiger charge is -2.28. The molecule has 0 aliphatic heterocycles. The molecule has 0 aromatic heterocycles.